The van der Waals surface area contributed by atoms with Crippen molar-refractivity contribution < 1.29 is 14.6 Å². The van der Waals surface area contributed by atoms with Gasteiger partial charge in [0.15, 0.2) is 0 Å². The van der Waals surface area contributed by atoms with Crippen LogP contribution in [0.3, 0.4) is 0 Å². The van der Waals surface area contributed by atoms with Gasteiger partial charge in [-0.25, -0.2) is 0 Å². The quantitative estimate of drug-likeness (QED) is 0.417. The molecule has 0 spiro atoms. The van der Waals surface area contributed by atoms with Crippen molar-refractivity contribution in [2.24, 2.45) is 46.3 Å². The Bertz CT molecular complexity index is 644. The normalized spacial score (nSPS) is 46.3. The number of rotatable bonds is 6. The Morgan fingerprint density at radius 1 is 1.10 bits per heavy atom. The first-order valence-electron chi connectivity index (χ1n) is 12.7. The molecule has 0 aromatic carbocycles. The third kappa shape index (κ3) is 3.78. The molecule has 3 nitrogen and oxygen atoms in total. The summed E-state index contributed by atoms with van der Waals surface area (Å²) in [6.45, 7) is 11.5. The molecule has 4 rings (SSSR count). The van der Waals surface area contributed by atoms with Crippen molar-refractivity contribution in [1.82, 2.24) is 0 Å². The van der Waals surface area contributed by atoms with Crippen molar-refractivity contribution >= 4 is 5.97 Å². The lowest BCUT2D eigenvalue weighted by Crippen LogP contribution is -2.54. The largest absolute Gasteiger partial charge is 0.461 e. The van der Waals surface area contributed by atoms with Crippen molar-refractivity contribution in [3.63, 3.8) is 0 Å². The third-order valence-corrected chi connectivity index (χ3v) is 10.6. The maximum Gasteiger partial charge on any atom is 0.306 e. The smallest absolute Gasteiger partial charge is 0.306 e. The standard InChI is InChI=1S/C27H44O3/c1-5-16-30-25(29)11-6-18(2)22-9-10-23-21-8-7-19-17-20(28)12-14-26(19,3)24(21)13-15-27(22,23)4/h5,18-24,28H,1,6-17H2,2-4H3/t18-,19?,20-,21+,22-,23+,24+,26+,27-/m1/s1. The summed E-state index contributed by atoms with van der Waals surface area (Å²) in [6, 6.07) is 0. The molecular weight excluding hydrogens is 372 g/mol. The molecule has 0 aromatic heterocycles. The summed E-state index contributed by atoms with van der Waals surface area (Å²) in [5.74, 6) is 4.61. The topological polar surface area (TPSA) is 46.5 Å². The van der Waals surface area contributed by atoms with Crippen LogP contribution in [0.15, 0.2) is 12.7 Å². The molecule has 0 amide bonds. The minimum atomic E-state index is -0.0732. The van der Waals surface area contributed by atoms with Gasteiger partial charge in [0.25, 0.3) is 0 Å². The zero-order valence-electron chi connectivity index (χ0n) is 19.6. The van der Waals surface area contributed by atoms with Gasteiger partial charge < -0.3 is 9.84 Å². The Labute approximate surface area is 184 Å². The minimum Gasteiger partial charge on any atom is -0.461 e. The van der Waals surface area contributed by atoms with Gasteiger partial charge in [-0.1, -0.05) is 33.4 Å². The number of aliphatic hydroxyl groups is 1. The summed E-state index contributed by atoms with van der Waals surface area (Å²) in [7, 11) is 0. The van der Waals surface area contributed by atoms with E-state index in [0.29, 0.717) is 29.8 Å². The molecule has 4 aliphatic rings. The maximum atomic E-state index is 12.0. The average Bonchev–Trinajstić information content (AvgIpc) is 3.08. The van der Waals surface area contributed by atoms with Gasteiger partial charge in [-0.3, -0.25) is 4.79 Å². The fourth-order valence-corrected chi connectivity index (χ4v) is 8.98. The van der Waals surface area contributed by atoms with Crippen LogP contribution in [0.2, 0.25) is 0 Å². The Morgan fingerprint density at radius 3 is 2.60 bits per heavy atom. The lowest BCUT2D eigenvalue weighted by Gasteiger charge is -2.61. The first kappa shape index (κ1) is 22.4. The van der Waals surface area contributed by atoms with Gasteiger partial charge in [0.2, 0.25) is 0 Å². The molecule has 4 aliphatic carbocycles. The van der Waals surface area contributed by atoms with Gasteiger partial charge in [-0.05, 0) is 111 Å². The van der Waals surface area contributed by atoms with Gasteiger partial charge in [0.05, 0.1) is 6.10 Å². The van der Waals surface area contributed by atoms with E-state index in [0.717, 1.165) is 48.9 Å². The minimum absolute atomic E-state index is 0.0524. The van der Waals surface area contributed by atoms with Crippen LogP contribution in [0.1, 0.15) is 91.4 Å². The number of carbonyl (C=O) groups is 1. The SMILES string of the molecule is C=CCOC(=O)CC[C@@H](C)[C@H]1CC[C@H]2[C@@H]3CCC4C[C@H](O)CC[C@]4(C)[C@H]3CC[C@]12C. The second-order valence-electron chi connectivity index (χ2n) is 11.8. The van der Waals surface area contributed by atoms with E-state index in [1.54, 1.807) is 6.08 Å². The molecule has 9 atom stereocenters. The number of carbonyl (C=O) groups excluding carboxylic acids is 1. The molecule has 0 radical (unpaired) electrons. The Hall–Kier alpha value is -0.830. The highest BCUT2D eigenvalue weighted by Crippen LogP contribution is 2.68. The number of fused-ring (bicyclic) bond motifs is 5. The predicted molar refractivity (Wildman–Crippen MR) is 121 cm³/mol. The molecule has 3 heteroatoms. The van der Waals surface area contributed by atoms with E-state index in [4.69, 9.17) is 4.74 Å². The fraction of sp³-hybridized carbons (Fsp3) is 0.889. The summed E-state index contributed by atoms with van der Waals surface area (Å²) in [5, 5.41) is 10.2. The van der Waals surface area contributed by atoms with Gasteiger partial charge in [0.1, 0.15) is 6.61 Å². The second kappa shape index (κ2) is 8.60. The second-order valence-corrected chi connectivity index (χ2v) is 11.8. The first-order chi connectivity index (χ1) is 14.3. The van der Waals surface area contributed by atoms with Crippen LogP contribution in [0.25, 0.3) is 0 Å². The van der Waals surface area contributed by atoms with Crippen molar-refractivity contribution in [2.75, 3.05) is 6.61 Å². The highest BCUT2D eigenvalue weighted by atomic mass is 16.5. The van der Waals surface area contributed by atoms with Crippen molar-refractivity contribution in [3.05, 3.63) is 12.7 Å². The van der Waals surface area contributed by atoms with E-state index in [-0.39, 0.29) is 12.1 Å². The maximum absolute atomic E-state index is 12.0. The molecule has 0 heterocycles. The van der Waals surface area contributed by atoms with E-state index in [1.807, 2.05) is 0 Å². The Kier molecular flexibility index (Phi) is 6.41. The number of aliphatic hydroxyl groups excluding tert-OH is 1. The molecule has 1 N–H and O–H groups in total. The van der Waals surface area contributed by atoms with Crippen molar-refractivity contribution in [2.45, 2.75) is 97.5 Å². The third-order valence-electron chi connectivity index (χ3n) is 10.6. The fourth-order valence-electron chi connectivity index (χ4n) is 8.98. The van der Waals surface area contributed by atoms with Crippen LogP contribution in [-0.2, 0) is 9.53 Å². The monoisotopic (exact) mass is 416 g/mol. The molecule has 4 fully saturated rings. The van der Waals surface area contributed by atoms with E-state index in [1.165, 1.54) is 44.9 Å². The van der Waals surface area contributed by atoms with Crippen LogP contribution in [0.5, 0.6) is 0 Å². The Morgan fingerprint density at radius 2 is 1.83 bits per heavy atom. The van der Waals surface area contributed by atoms with E-state index in [9.17, 15) is 9.90 Å². The molecule has 0 aromatic rings. The van der Waals surface area contributed by atoms with E-state index in [2.05, 4.69) is 27.4 Å². The molecule has 0 saturated heterocycles. The molecular formula is C27H44O3. The van der Waals surface area contributed by atoms with Crippen LogP contribution >= 0.6 is 0 Å². The zero-order valence-corrected chi connectivity index (χ0v) is 19.6. The predicted octanol–water partition coefficient (Wildman–Crippen LogP) is 6.15. The Balaban J connectivity index is 1.42. The average molecular weight is 417 g/mol. The molecule has 0 bridgehead atoms. The lowest BCUT2D eigenvalue weighted by atomic mass is 9.44. The summed E-state index contributed by atoms with van der Waals surface area (Å²) in [5.41, 5.74) is 0.908. The summed E-state index contributed by atoms with van der Waals surface area (Å²) < 4.78 is 5.20. The molecule has 30 heavy (non-hydrogen) atoms. The molecule has 170 valence electrons. The van der Waals surface area contributed by atoms with E-state index < -0.39 is 0 Å². The summed E-state index contributed by atoms with van der Waals surface area (Å²) in [6.07, 6.45) is 14.6. The van der Waals surface area contributed by atoms with Crippen LogP contribution in [0, 0.1) is 46.3 Å². The van der Waals surface area contributed by atoms with Gasteiger partial charge in [0, 0.05) is 6.42 Å². The van der Waals surface area contributed by atoms with Crippen LogP contribution < -0.4 is 0 Å². The summed E-state index contributed by atoms with van der Waals surface area (Å²) >= 11 is 0. The highest BCUT2D eigenvalue weighted by Gasteiger charge is 2.60. The zero-order chi connectivity index (χ0) is 21.5. The molecule has 1 unspecified atom stereocenters. The summed E-state index contributed by atoms with van der Waals surface area (Å²) in [4.78, 5) is 12.0. The van der Waals surface area contributed by atoms with Crippen molar-refractivity contribution in [3.8, 4) is 0 Å². The molecule has 4 saturated carbocycles. The first-order valence-corrected chi connectivity index (χ1v) is 12.7. The molecule has 0 aliphatic heterocycles. The van der Waals surface area contributed by atoms with Gasteiger partial charge in [-0.2, -0.15) is 0 Å². The number of hydrogen-bond donors (Lipinski definition) is 1. The number of hydrogen-bond acceptors (Lipinski definition) is 3. The highest BCUT2D eigenvalue weighted by molar-refractivity contribution is 5.69. The van der Waals surface area contributed by atoms with E-state index >= 15 is 0 Å². The van der Waals surface area contributed by atoms with Crippen molar-refractivity contribution in [1.29, 1.82) is 0 Å². The number of esters is 1. The number of ether oxygens (including phenoxy) is 1. The van der Waals surface area contributed by atoms with Gasteiger partial charge in [-0.15, -0.1) is 0 Å². The van der Waals surface area contributed by atoms with Crippen LogP contribution in [0.4, 0.5) is 0 Å². The lowest BCUT2D eigenvalue weighted by molar-refractivity contribution is -0.143. The van der Waals surface area contributed by atoms with Gasteiger partial charge >= 0.3 is 5.97 Å². The van der Waals surface area contributed by atoms with Crippen LogP contribution in [-0.4, -0.2) is 23.8 Å².